The molecule has 2 aromatic rings. The number of aromatic nitrogens is 2. The first-order valence-electron chi connectivity index (χ1n) is 6.15. The predicted octanol–water partition coefficient (Wildman–Crippen LogP) is 1.93. The van der Waals surface area contributed by atoms with Crippen LogP contribution in [0.1, 0.15) is 17.8 Å². The topological polar surface area (TPSA) is 61.0 Å². The van der Waals surface area contributed by atoms with Crippen LogP contribution in [0.5, 0.6) is 5.75 Å². The molecule has 0 unspecified atom stereocenters. The molecule has 4 nitrogen and oxygen atoms in total. The Kier molecular flexibility index (Phi) is 2.94. The third-order valence-electron chi connectivity index (χ3n) is 3.09. The molecule has 0 atom stereocenters. The molecule has 0 saturated carbocycles. The van der Waals surface area contributed by atoms with Crippen molar-refractivity contribution in [2.24, 2.45) is 5.73 Å². The van der Waals surface area contributed by atoms with Crippen molar-refractivity contribution in [2.75, 3.05) is 6.61 Å². The standard InChI is InChI=1S/C14H15N3O/c15-9-14-16-6-5-12(17-14)10-3-4-13-11(8-10)2-1-7-18-13/h3-6,8H,1-2,7,9,15H2. The predicted molar refractivity (Wildman–Crippen MR) is 69.2 cm³/mol. The molecule has 1 aliphatic rings. The zero-order valence-corrected chi connectivity index (χ0v) is 10.1. The van der Waals surface area contributed by atoms with Crippen molar-refractivity contribution in [3.8, 4) is 17.0 Å². The van der Waals surface area contributed by atoms with Crippen molar-refractivity contribution in [3.05, 3.63) is 41.9 Å². The molecule has 0 fully saturated rings. The van der Waals surface area contributed by atoms with Crippen molar-refractivity contribution in [1.29, 1.82) is 0 Å². The molecular formula is C14H15N3O. The molecule has 2 N–H and O–H groups in total. The number of fused-ring (bicyclic) bond motifs is 1. The maximum atomic E-state index is 5.61. The van der Waals surface area contributed by atoms with E-state index in [1.54, 1.807) is 6.20 Å². The van der Waals surface area contributed by atoms with Crippen LogP contribution in [0, 0.1) is 0 Å². The molecule has 1 aromatic heterocycles. The number of hydrogen-bond donors (Lipinski definition) is 1. The third kappa shape index (κ3) is 2.07. The van der Waals surface area contributed by atoms with Gasteiger partial charge in [-0.15, -0.1) is 0 Å². The third-order valence-corrected chi connectivity index (χ3v) is 3.09. The summed E-state index contributed by atoms with van der Waals surface area (Å²) < 4.78 is 5.61. The Balaban J connectivity index is 2.00. The summed E-state index contributed by atoms with van der Waals surface area (Å²) in [6, 6.07) is 8.11. The molecule has 2 heterocycles. The average Bonchev–Trinajstić information content (AvgIpc) is 2.47. The van der Waals surface area contributed by atoms with Crippen LogP contribution in [0.2, 0.25) is 0 Å². The fourth-order valence-electron chi connectivity index (χ4n) is 2.18. The molecule has 0 amide bonds. The second-order valence-electron chi connectivity index (χ2n) is 4.34. The van der Waals surface area contributed by atoms with Crippen LogP contribution in [0.4, 0.5) is 0 Å². The van der Waals surface area contributed by atoms with Crippen LogP contribution in [-0.2, 0) is 13.0 Å². The molecule has 92 valence electrons. The van der Waals surface area contributed by atoms with Gasteiger partial charge in [0.1, 0.15) is 11.6 Å². The number of rotatable bonds is 2. The first-order chi connectivity index (χ1) is 8.86. The Bertz CT molecular complexity index is 569. The molecule has 0 aliphatic carbocycles. The highest BCUT2D eigenvalue weighted by Crippen LogP contribution is 2.29. The van der Waals surface area contributed by atoms with Crippen molar-refractivity contribution in [2.45, 2.75) is 19.4 Å². The van der Waals surface area contributed by atoms with Gasteiger partial charge in [-0.3, -0.25) is 0 Å². The zero-order valence-electron chi connectivity index (χ0n) is 10.1. The van der Waals surface area contributed by atoms with Crippen molar-refractivity contribution >= 4 is 0 Å². The lowest BCUT2D eigenvalue weighted by atomic mass is 10.0. The van der Waals surface area contributed by atoms with E-state index >= 15 is 0 Å². The Morgan fingerprint density at radius 1 is 1.28 bits per heavy atom. The van der Waals surface area contributed by atoms with Gasteiger partial charge in [-0.1, -0.05) is 0 Å². The minimum absolute atomic E-state index is 0.363. The molecule has 0 bridgehead atoms. The Hall–Kier alpha value is -1.94. The van der Waals surface area contributed by atoms with Gasteiger partial charge in [0.15, 0.2) is 0 Å². The second-order valence-corrected chi connectivity index (χ2v) is 4.34. The van der Waals surface area contributed by atoms with Crippen LogP contribution in [0.15, 0.2) is 30.5 Å². The van der Waals surface area contributed by atoms with Gasteiger partial charge in [-0.05, 0) is 42.7 Å². The SMILES string of the molecule is NCc1nccc(-c2ccc3c(c2)CCCO3)n1. The smallest absolute Gasteiger partial charge is 0.142 e. The number of benzene rings is 1. The minimum Gasteiger partial charge on any atom is -0.493 e. The van der Waals surface area contributed by atoms with E-state index in [9.17, 15) is 0 Å². The van der Waals surface area contributed by atoms with E-state index in [0.717, 1.165) is 36.5 Å². The van der Waals surface area contributed by atoms with Gasteiger partial charge in [0.2, 0.25) is 0 Å². The molecule has 0 spiro atoms. The van der Waals surface area contributed by atoms with Gasteiger partial charge in [-0.2, -0.15) is 0 Å². The largest absolute Gasteiger partial charge is 0.493 e. The van der Waals surface area contributed by atoms with Gasteiger partial charge >= 0.3 is 0 Å². The lowest BCUT2D eigenvalue weighted by molar-refractivity contribution is 0.288. The number of ether oxygens (including phenoxy) is 1. The summed E-state index contributed by atoms with van der Waals surface area (Å²) in [5, 5.41) is 0. The van der Waals surface area contributed by atoms with E-state index in [-0.39, 0.29) is 0 Å². The van der Waals surface area contributed by atoms with Crippen LogP contribution >= 0.6 is 0 Å². The van der Waals surface area contributed by atoms with E-state index < -0.39 is 0 Å². The van der Waals surface area contributed by atoms with Crippen molar-refractivity contribution in [3.63, 3.8) is 0 Å². The summed E-state index contributed by atoms with van der Waals surface area (Å²) in [6.45, 7) is 1.18. The van der Waals surface area contributed by atoms with E-state index in [4.69, 9.17) is 10.5 Å². The van der Waals surface area contributed by atoms with E-state index in [0.29, 0.717) is 12.4 Å². The molecule has 1 aromatic carbocycles. The van der Waals surface area contributed by atoms with Crippen molar-refractivity contribution < 1.29 is 4.74 Å². The second kappa shape index (κ2) is 4.74. The van der Waals surface area contributed by atoms with Gasteiger partial charge in [-0.25, -0.2) is 9.97 Å². The molecule has 18 heavy (non-hydrogen) atoms. The summed E-state index contributed by atoms with van der Waals surface area (Å²) in [5.74, 6) is 1.67. The van der Waals surface area contributed by atoms with Gasteiger partial charge < -0.3 is 10.5 Å². The Labute approximate surface area is 106 Å². The van der Waals surface area contributed by atoms with Crippen LogP contribution in [0.3, 0.4) is 0 Å². The number of nitrogens with two attached hydrogens (primary N) is 1. The number of nitrogens with zero attached hydrogens (tertiary/aromatic N) is 2. The lowest BCUT2D eigenvalue weighted by Crippen LogP contribution is -2.08. The first kappa shape index (κ1) is 11.2. The maximum absolute atomic E-state index is 5.61. The average molecular weight is 241 g/mol. The van der Waals surface area contributed by atoms with Gasteiger partial charge in [0, 0.05) is 11.8 Å². The van der Waals surface area contributed by atoms with E-state index in [1.165, 1.54) is 5.56 Å². The summed E-state index contributed by atoms with van der Waals surface area (Å²) >= 11 is 0. The molecule has 0 saturated heterocycles. The normalized spacial score (nSPS) is 13.8. The Morgan fingerprint density at radius 3 is 3.11 bits per heavy atom. The molecule has 4 heteroatoms. The lowest BCUT2D eigenvalue weighted by Gasteiger charge is -2.17. The van der Waals surface area contributed by atoms with Crippen LogP contribution in [-0.4, -0.2) is 16.6 Å². The van der Waals surface area contributed by atoms with Crippen LogP contribution in [0.25, 0.3) is 11.3 Å². The number of hydrogen-bond acceptors (Lipinski definition) is 4. The zero-order chi connectivity index (χ0) is 12.4. The van der Waals surface area contributed by atoms with E-state index in [1.807, 2.05) is 18.2 Å². The van der Waals surface area contributed by atoms with Crippen molar-refractivity contribution in [1.82, 2.24) is 9.97 Å². The minimum atomic E-state index is 0.363. The molecular weight excluding hydrogens is 226 g/mol. The summed E-state index contributed by atoms with van der Waals surface area (Å²) in [5.41, 5.74) is 8.83. The monoisotopic (exact) mass is 241 g/mol. The number of aryl methyl sites for hydroxylation is 1. The molecule has 0 radical (unpaired) electrons. The van der Waals surface area contributed by atoms with Crippen LogP contribution < -0.4 is 10.5 Å². The molecule has 1 aliphatic heterocycles. The highest BCUT2D eigenvalue weighted by atomic mass is 16.5. The summed E-state index contributed by atoms with van der Waals surface area (Å²) in [6.07, 6.45) is 3.90. The molecule has 3 rings (SSSR count). The van der Waals surface area contributed by atoms with Gasteiger partial charge in [0.05, 0.1) is 18.8 Å². The first-order valence-corrected chi connectivity index (χ1v) is 6.15. The van der Waals surface area contributed by atoms with E-state index in [2.05, 4.69) is 16.0 Å². The fourth-order valence-corrected chi connectivity index (χ4v) is 2.18. The quantitative estimate of drug-likeness (QED) is 0.872. The highest BCUT2D eigenvalue weighted by molar-refractivity contribution is 5.62. The van der Waals surface area contributed by atoms with Gasteiger partial charge in [0.25, 0.3) is 0 Å². The summed E-state index contributed by atoms with van der Waals surface area (Å²) in [7, 11) is 0. The maximum Gasteiger partial charge on any atom is 0.142 e. The highest BCUT2D eigenvalue weighted by Gasteiger charge is 2.11. The Morgan fingerprint density at radius 2 is 2.22 bits per heavy atom. The summed E-state index contributed by atoms with van der Waals surface area (Å²) in [4.78, 5) is 8.54. The fraction of sp³-hybridized carbons (Fsp3) is 0.286.